The average molecular weight is 345 g/mol. The van der Waals surface area contributed by atoms with Gasteiger partial charge in [-0.05, 0) is 35.4 Å². The van der Waals surface area contributed by atoms with E-state index in [1.807, 2.05) is 0 Å². The first kappa shape index (κ1) is 16.3. The summed E-state index contributed by atoms with van der Waals surface area (Å²) in [5, 5.41) is 0.960. The summed E-state index contributed by atoms with van der Waals surface area (Å²) in [6.45, 7) is 0.287. The summed E-state index contributed by atoms with van der Waals surface area (Å²) in [6.07, 6.45) is 0. The van der Waals surface area contributed by atoms with E-state index in [1.54, 1.807) is 24.3 Å². The summed E-state index contributed by atoms with van der Waals surface area (Å²) in [5.74, 6) is 0. The number of hydrogen-bond donors (Lipinski definition) is 2. The van der Waals surface area contributed by atoms with Crippen LogP contribution in [0, 0.1) is 0 Å². The van der Waals surface area contributed by atoms with Gasteiger partial charge in [-0.3, -0.25) is 0 Å². The van der Waals surface area contributed by atoms with E-state index in [4.69, 9.17) is 28.9 Å². The third-order valence-electron chi connectivity index (χ3n) is 2.96. The Bertz CT molecular complexity index is 748. The molecule has 2 aromatic rings. The normalized spacial score (nSPS) is 11.6. The van der Waals surface area contributed by atoms with Gasteiger partial charge in [-0.15, -0.1) is 0 Å². The molecular weight excluding hydrogens is 331 g/mol. The van der Waals surface area contributed by atoms with Gasteiger partial charge in [0.05, 0.1) is 4.90 Å². The predicted molar refractivity (Wildman–Crippen MR) is 84.8 cm³/mol. The van der Waals surface area contributed by atoms with E-state index >= 15 is 0 Å². The number of rotatable bonds is 5. The average Bonchev–Trinajstić information content (AvgIpc) is 2.46. The zero-order chi connectivity index (χ0) is 15.5. The first-order chi connectivity index (χ1) is 9.94. The third-order valence-corrected chi connectivity index (χ3v) is 5.09. The lowest BCUT2D eigenvalue weighted by atomic mass is 10.2. The van der Waals surface area contributed by atoms with Crippen molar-refractivity contribution in [2.24, 2.45) is 5.73 Å². The molecule has 0 unspecified atom stereocenters. The third kappa shape index (κ3) is 3.96. The van der Waals surface area contributed by atoms with Crippen molar-refractivity contribution in [1.29, 1.82) is 0 Å². The predicted octanol–water partition coefficient (Wildman–Crippen LogP) is 2.93. The van der Waals surface area contributed by atoms with Crippen molar-refractivity contribution in [3.8, 4) is 0 Å². The van der Waals surface area contributed by atoms with E-state index in [-0.39, 0.29) is 18.0 Å². The Morgan fingerprint density at radius 3 is 2.33 bits per heavy atom. The van der Waals surface area contributed by atoms with Crippen LogP contribution in [0.2, 0.25) is 10.0 Å². The second-order valence-corrected chi connectivity index (χ2v) is 6.95. The largest absolute Gasteiger partial charge is 0.326 e. The summed E-state index contributed by atoms with van der Waals surface area (Å²) < 4.78 is 27.0. The van der Waals surface area contributed by atoms with Gasteiger partial charge in [-0.2, -0.15) is 0 Å². The Morgan fingerprint density at radius 2 is 1.67 bits per heavy atom. The van der Waals surface area contributed by atoms with Crippen LogP contribution in [0.25, 0.3) is 0 Å². The van der Waals surface area contributed by atoms with E-state index in [0.717, 1.165) is 0 Å². The minimum Gasteiger partial charge on any atom is -0.326 e. The summed E-state index contributed by atoms with van der Waals surface area (Å²) >= 11 is 11.9. The first-order valence-corrected chi connectivity index (χ1v) is 8.39. The molecule has 2 rings (SSSR count). The minimum atomic E-state index is -3.65. The zero-order valence-electron chi connectivity index (χ0n) is 11.0. The van der Waals surface area contributed by atoms with Gasteiger partial charge >= 0.3 is 0 Å². The summed E-state index contributed by atoms with van der Waals surface area (Å²) in [5.41, 5.74) is 6.82. The second-order valence-electron chi connectivity index (χ2n) is 4.37. The van der Waals surface area contributed by atoms with E-state index in [0.29, 0.717) is 21.2 Å². The highest BCUT2D eigenvalue weighted by Gasteiger charge is 2.15. The maximum Gasteiger partial charge on any atom is 0.240 e. The lowest BCUT2D eigenvalue weighted by molar-refractivity contribution is 0.581. The number of benzene rings is 2. The maximum absolute atomic E-state index is 12.3. The SMILES string of the molecule is NCc1cc(S(=O)(=O)NCc2ccccc2Cl)ccc1Cl. The molecule has 0 saturated heterocycles. The molecule has 0 bridgehead atoms. The van der Waals surface area contributed by atoms with E-state index in [9.17, 15) is 8.42 Å². The monoisotopic (exact) mass is 344 g/mol. The van der Waals surface area contributed by atoms with Crippen molar-refractivity contribution in [2.75, 3.05) is 0 Å². The summed E-state index contributed by atoms with van der Waals surface area (Å²) in [7, 11) is -3.65. The molecule has 0 aliphatic heterocycles. The quantitative estimate of drug-likeness (QED) is 0.875. The van der Waals surface area contributed by atoms with Crippen LogP contribution in [0.15, 0.2) is 47.4 Å². The molecule has 2 aromatic carbocycles. The van der Waals surface area contributed by atoms with Crippen molar-refractivity contribution in [3.63, 3.8) is 0 Å². The number of hydrogen-bond acceptors (Lipinski definition) is 3. The molecule has 0 fully saturated rings. The molecule has 0 aliphatic rings. The molecule has 0 aromatic heterocycles. The van der Waals surface area contributed by atoms with Crippen molar-refractivity contribution < 1.29 is 8.42 Å². The van der Waals surface area contributed by atoms with Gasteiger partial charge in [0.2, 0.25) is 10.0 Å². The highest BCUT2D eigenvalue weighted by Crippen LogP contribution is 2.21. The van der Waals surface area contributed by atoms with Gasteiger partial charge in [-0.25, -0.2) is 13.1 Å². The van der Waals surface area contributed by atoms with Crippen LogP contribution in [0.5, 0.6) is 0 Å². The topological polar surface area (TPSA) is 72.2 Å². The van der Waals surface area contributed by atoms with E-state index in [2.05, 4.69) is 4.72 Å². The molecule has 7 heteroatoms. The van der Waals surface area contributed by atoms with Crippen LogP contribution >= 0.6 is 23.2 Å². The van der Waals surface area contributed by atoms with E-state index in [1.165, 1.54) is 18.2 Å². The first-order valence-electron chi connectivity index (χ1n) is 6.15. The summed E-state index contributed by atoms with van der Waals surface area (Å²) in [4.78, 5) is 0.124. The summed E-state index contributed by atoms with van der Waals surface area (Å²) in [6, 6.07) is 11.5. The van der Waals surface area contributed by atoms with Gasteiger partial charge < -0.3 is 5.73 Å². The van der Waals surface area contributed by atoms with Crippen LogP contribution in [0.1, 0.15) is 11.1 Å². The fraction of sp³-hybridized carbons (Fsp3) is 0.143. The van der Waals surface area contributed by atoms with Gasteiger partial charge in [0.25, 0.3) is 0 Å². The van der Waals surface area contributed by atoms with Crippen LogP contribution in [0.4, 0.5) is 0 Å². The smallest absolute Gasteiger partial charge is 0.240 e. The molecule has 0 heterocycles. The number of sulfonamides is 1. The maximum atomic E-state index is 12.3. The van der Waals surface area contributed by atoms with Gasteiger partial charge in [0.15, 0.2) is 0 Å². The fourth-order valence-electron chi connectivity index (χ4n) is 1.77. The van der Waals surface area contributed by atoms with Crippen molar-refractivity contribution >= 4 is 33.2 Å². The Kier molecular flexibility index (Phi) is 5.24. The Labute approximate surface area is 133 Å². The highest BCUT2D eigenvalue weighted by molar-refractivity contribution is 7.89. The molecule has 112 valence electrons. The van der Waals surface area contributed by atoms with Crippen LogP contribution in [-0.2, 0) is 23.1 Å². The second kappa shape index (κ2) is 6.77. The van der Waals surface area contributed by atoms with E-state index < -0.39 is 10.0 Å². The zero-order valence-corrected chi connectivity index (χ0v) is 13.3. The van der Waals surface area contributed by atoms with Crippen molar-refractivity contribution in [3.05, 3.63) is 63.6 Å². The number of halogens is 2. The van der Waals surface area contributed by atoms with Gasteiger partial charge in [0.1, 0.15) is 0 Å². The van der Waals surface area contributed by atoms with Crippen molar-refractivity contribution in [1.82, 2.24) is 4.72 Å². The molecule has 0 aliphatic carbocycles. The lowest BCUT2D eigenvalue weighted by Crippen LogP contribution is -2.23. The molecule has 0 saturated carbocycles. The molecule has 0 spiro atoms. The number of nitrogens with one attached hydrogen (secondary N) is 1. The van der Waals surface area contributed by atoms with Crippen molar-refractivity contribution in [2.45, 2.75) is 18.0 Å². The van der Waals surface area contributed by atoms with Crippen LogP contribution in [-0.4, -0.2) is 8.42 Å². The molecule has 3 N–H and O–H groups in total. The molecule has 0 radical (unpaired) electrons. The Morgan fingerprint density at radius 1 is 1.00 bits per heavy atom. The van der Waals surface area contributed by atoms with Crippen LogP contribution in [0.3, 0.4) is 0 Å². The molecule has 21 heavy (non-hydrogen) atoms. The highest BCUT2D eigenvalue weighted by atomic mass is 35.5. The standard InChI is InChI=1S/C14H14Cl2N2O2S/c15-13-4-2-1-3-10(13)9-18-21(19,20)12-5-6-14(16)11(7-12)8-17/h1-7,18H,8-9,17H2. The van der Waals surface area contributed by atoms with Gasteiger partial charge in [0, 0.05) is 23.1 Å². The van der Waals surface area contributed by atoms with Crippen LogP contribution < -0.4 is 10.5 Å². The molecule has 4 nitrogen and oxygen atoms in total. The molecular formula is C14H14Cl2N2O2S. The lowest BCUT2D eigenvalue weighted by Gasteiger charge is -2.10. The Hall–Kier alpha value is -1.11. The fourth-order valence-corrected chi connectivity index (χ4v) is 3.23. The van der Waals surface area contributed by atoms with Gasteiger partial charge in [-0.1, -0.05) is 41.4 Å². The molecule has 0 atom stereocenters. The Balaban J connectivity index is 2.21. The molecule has 0 amide bonds. The minimum absolute atomic E-state index is 0.114. The number of nitrogens with two attached hydrogens (primary N) is 1.